The highest BCUT2D eigenvalue weighted by Crippen LogP contribution is 2.30. The van der Waals surface area contributed by atoms with E-state index < -0.39 is 83.7 Å². The fourth-order valence-corrected chi connectivity index (χ4v) is 12.8. The molecule has 0 saturated carbocycles. The Bertz CT molecular complexity index is 3900. The van der Waals surface area contributed by atoms with E-state index in [1.54, 1.807) is 55.1 Å². The Kier molecular flexibility index (Phi) is 42.7. The minimum absolute atomic E-state index is 0.109. The standard InChI is InChI=1S/C42H63N7O10.C36H54N8O8.C2HF3O/c1-29-23-31(11-13-33(29)43)32-12-14-34(30(2)24-32)45-41(58)35(9-7-6-8-10-40(57)59-42(3,4)5)44-36(50)25-46-15-17-47(26-37(51)52)19-21-49(28-39(55)56)22-20-48(18-16-46)27-38(53)54;1-25-19-27(6-8-29(25)38)28-7-9-30(26(2)20-28)40-36(52)31(5-3-4-10-37)39-32(45)21-41-11-13-42(22-33(46)47)15-17-44(24-35(50)51)18-16-43(14-12-41)23-34(48)49;3-2(4,5)1-6/h11-14,23-24,35H,6-10,15-22,25-28,43H2,1-5H3,(H,44,50)(H,45,58)(H,51,52)(H,53,54)(H,55,56);6-9,19-20,31H,3-5,10-18,21-24,37-38H2,1-2H3,(H,39,45)(H,40,52)(H,46,47)(H,48,49)(H,50,51);1H/t35-;31-;/m00./s1. The highest BCUT2D eigenvalue weighted by Gasteiger charge is 2.30. The van der Waals surface area contributed by atoms with E-state index in [4.69, 9.17) is 26.7 Å². The predicted octanol–water partition coefficient (Wildman–Crippen LogP) is 4.07. The number of carboxylic acids is 6. The Labute approximate surface area is 680 Å². The number of nitrogens with one attached hydrogen (secondary N) is 4. The van der Waals surface area contributed by atoms with E-state index in [0.717, 1.165) is 44.5 Å². The van der Waals surface area contributed by atoms with Crippen molar-refractivity contribution in [1.82, 2.24) is 49.8 Å². The van der Waals surface area contributed by atoms with E-state index in [-0.39, 0.29) is 175 Å². The van der Waals surface area contributed by atoms with Gasteiger partial charge in [0.2, 0.25) is 29.9 Å². The highest BCUT2D eigenvalue weighted by atomic mass is 19.4. The lowest BCUT2D eigenvalue weighted by Gasteiger charge is -2.33. The van der Waals surface area contributed by atoms with Gasteiger partial charge in [-0.2, -0.15) is 13.2 Å². The largest absolute Gasteiger partial charge is 0.480 e. The second kappa shape index (κ2) is 50.4. The van der Waals surface area contributed by atoms with Crippen molar-refractivity contribution in [2.24, 2.45) is 5.73 Å². The SMILES string of the molecule is Cc1cc(-c2ccc(NC(=O)[C@H](CCCCCC(=O)OC(C)(C)C)NC(=O)CN3CCN(CC(=O)O)CCN(CC(=O)O)CCN(CC(=O)O)CC3)c(C)c2)ccc1N.Cc1cc(-c2ccc(NC(=O)[C@H](CCCCN)NC(=O)CN3CCN(CC(=O)O)CCN(CC(=O)O)CCN(CC(=O)O)CC3)c(C)c2)ccc1N.O=CC(F)(F)F. The van der Waals surface area contributed by atoms with Crippen LogP contribution in [0.5, 0.6) is 0 Å². The lowest BCUT2D eigenvalue weighted by atomic mass is 10.00. The Morgan fingerprint density at radius 2 is 0.667 bits per heavy atom. The van der Waals surface area contributed by atoms with Gasteiger partial charge in [0.1, 0.15) is 17.7 Å². The molecule has 2 saturated heterocycles. The number of aryl methyl sites for hydroxylation is 4. The minimum Gasteiger partial charge on any atom is -0.480 e. The first-order chi connectivity index (χ1) is 55.1. The van der Waals surface area contributed by atoms with Gasteiger partial charge in [-0.3, -0.25) is 96.7 Å². The molecule has 2 aliphatic heterocycles. The van der Waals surface area contributed by atoms with Crippen LogP contribution in [0, 0.1) is 27.7 Å². The van der Waals surface area contributed by atoms with Gasteiger partial charge in [-0.1, -0.05) is 37.1 Å². The van der Waals surface area contributed by atoms with Crippen LogP contribution in [0.1, 0.15) is 94.4 Å². The Morgan fingerprint density at radius 3 is 0.906 bits per heavy atom. The molecule has 117 heavy (non-hydrogen) atoms. The van der Waals surface area contributed by atoms with Crippen LogP contribution in [0.15, 0.2) is 72.8 Å². The summed E-state index contributed by atoms with van der Waals surface area (Å²) in [5, 5.41) is 68.7. The number of aliphatic carboxylic acids is 6. The monoisotopic (exact) mass is 1650 g/mol. The van der Waals surface area contributed by atoms with Gasteiger partial charge in [0, 0.05) is 134 Å². The Morgan fingerprint density at radius 1 is 0.410 bits per heavy atom. The number of nitrogens with two attached hydrogens (primary N) is 3. The summed E-state index contributed by atoms with van der Waals surface area (Å²) in [7, 11) is 0. The molecule has 2 atom stereocenters. The maximum absolute atomic E-state index is 13.9. The van der Waals surface area contributed by atoms with Crippen molar-refractivity contribution < 1.29 is 106 Å². The van der Waals surface area contributed by atoms with Crippen molar-refractivity contribution in [3.05, 3.63) is 95.1 Å². The average Bonchev–Trinajstić information content (AvgIpc) is 0.826. The normalized spacial score (nSPS) is 15.9. The molecule has 0 aromatic heterocycles. The number of ether oxygens (including phenoxy) is 1. The van der Waals surface area contributed by atoms with E-state index in [2.05, 4.69) is 21.3 Å². The Balaban J connectivity index is 0.000000463. The lowest BCUT2D eigenvalue weighted by molar-refractivity contribution is -0.156. The van der Waals surface area contributed by atoms with E-state index in [9.17, 15) is 96.6 Å². The number of halogens is 3. The molecular formula is C80H118F3N15O19. The van der Waals surface area contributed by atoms with Gasteiger partial charge in [-0.05, 0) is 180 Å². The van der Waals surface area contributed by atoms with E-state index in [1.165, 1.54) is 0 Å². The van der Waals surface area contributed by atoms with Gasteiger partial charge < -0.3 is 73.8 Å². The number of aldehydes is 1. The number of nitrogens with zero attached hydrogens (tertiary/aromatic N) is 8. The van der Waals surface area contributed by atoms with E-state index in [0.29, 0.717) is 74.2 Å². The summed E-state index contributed by atoms with van der Waals surface area (Å²) in [5.41, 5.74) is 27.2. The zero-order chi connectivity index (χ0) is 87.1. The fourth-order valence-electron chi connectivity index (χ4n) is 12.8. The van der Waals surface area contributed by atoms with Crippen LogP contribution >= 0.6 is 0 Å². The molecule has 0 unspecified atom stereocenters. The number of amides is 4. The fraction of sp³-hybridized carbons (Fsp3) is 0.550. The van der Waals surface area contributed by atoms with Gasteiger partial charge in [0.15, 0.2) is 0 Å². The lowest BCUT2D eigenvalue weighted by Crippen LogP contribution is -2.51. The molecule has 0 aliphatic carbocycles. The van der Waals surface area contributed by atoms with Crippen LogP contribution in [0.2, 0.25) is 0 Å². The number of benzene rings is 4. The topological polar surface area (TPSA) is 488 Å². The molecule has 34 nitrogen and oxygen atoms in total. The van der Waals surface area contributed by atoms with Gasteiger partial charge in [0.25, 0.3) is 0 Å². The summed E-state index contributed by atoms with van der Waals surface area (Å²) < 4.78 is 36.7. The summed E-state index contributed by atoms with van der Waals surface area (Å²) in [6, 6.07) is 21.2. The third-order valence-electron chi connectivity index (χ3n) is 19.1. The number of unbranched alkanes of at least 4 members (excludes halogenated alkanes) is 3. The number of carboxylic acid groups (broad SMARTS) is 6. The molecule has 0 spiro atoms. The molecule has 2 heterocycles. The molecule has 0 bridgehead atoms. The number of carbonyl (C=O) groups is 12. The van der Waals surface area contributed by atoms with Crippen molar-refractivity contribution in [1.29, 1.82) is 0 Å². The quantitative estimate of drug-likeness (QED) is 0.0136. The predicted molar refractivity (Wildman–Crippen MR) is 434 cm³/mol. The number of esters is 1. The van der Waals surface area contributed by atoms with Crippen molar-refractivity contribution in [3.63, 3.8) is 0 Å². The van der Waals surface area contributed by atoms with Crippen molar-refractivity contribution in [2.45, 2.75) is 124 Å². The molecule has 0 radical (unpaired) electrons. The molecule has 37 heteroatoms. The molecule has 2 fully saturated rings. The maximum atomic E-state index is 13.9. The van der Waals surface area contributed by atoms with Crippen molar-refractivity contribution >= 4 is 94.4 Å². The molecule has 2 aliphatic rings. The first kappa shape index (κ1) is 99.1. The smallest absolute Gasteiger partial charge is 0.446 e. The summed E-state index contributed by atoms with van der Waals surface area (Å²) in [6.07, 6.45) is -1.85. The second-order valence-corrected chi connectivity index (χ2v) is 30.1. The van der Waals surface area contributed by atoms with Gasteiger partial charge >= 0.3 is 48.0 Å². The van der Waals surface area contributed by atoms with Crippen LogP contribution in [0.25, 0.3) is 22.3 Å². The molecule has 4 aromatic carbocycles. The zero-order valence-corrected chi connectivity index (χ0v) is 67.9. The maximum Gasteiger partial charge on any atom is 0.446 e. The average molecular weight is 1650 g/mol. The van der Waals surface area contributed by atoms with Crippen LogP contribution in [0.4, 0.5) is 35.9 Å². The number of nitrogen functional groups attached to an aromatic ring is 2. The molecular weight excluding hydrogens is 1530 g/mol. The number of hydrogen-bond donors (Lipinski definition) is 13. The van der Waals surface area contributed by atoms with Crippen LogP contribution < -0.4 is 38.5 Å². The molecule has 6 rings (SSSR count). The van der Waals surface area contributed by atoms with Crippen LogP contribution in [-0.4, -0.2) is 329 Å². The van der Waals surface area contributed by atoms with Gasteiger partial charge in [-0.15, -0.1) is 0 Å². The third-order valence-corrected chi connectivity index (χ3v) is 19.1. The molecule has 4 aromatic rings. The molecule has 16 N–H and O–H groups in total. The number of anilines is 4. The van der Waals surface area contributed by atoms with Crippen LogP contribution in [-0.2, 0) is 62.3 Å². The molecule has 648 valence electrons. The van der Waals surface area contributed by atoms with E-state index in [1.807, 2.05) is 105 Å². The second-order valence-electron chi connectivity index (χ2n) is 30.1. The zero-order valence-electron chi connectivity index (χ0n) is 67.9. The van der Waals surface area contributed by atoms with Gasteiger partial charge in [-0.25, -0.2) is 0 Å². The van der Waals surface area contributed by atoms with E-state index >= 15 is 0 Å². The third kappa shape index (κ3) is 40.9. The highest BCUT2D eigenvalue weighted by molar-refractivity contribution is 5.99. The number of alkyl halides is 3. The summed E-state index contributed by atoms with van der Waals surface area (Å²) in [4.78, 5) is 159. The first-order valence-corrected chi connectivity index (χ1v) is 38.8. The van der Waals surface area contributed by atoms with Crippen LogP contribution in [0.3, 0.4) is 0 Å². The number of carbonyl (C=O) groups excluding carboxylic acids is 6. The van der Waals surface area contributed by atoms with Gasteiger partial charge in [0.05, 0.1) is 52.4 Å². The van der Waals surface area contributed by atoms with Crippen molar-refractivity contribution in [2.75, 3.05) is 186 Å². The summed E-state index contributed by atoms with van der Waals surface area (Å²) >= 11 is 0. The molecule has 4 amide bonds. The minimum atomic E-state index is -4.64. The first-order valence-electron chi connectivity index (χ1n) is 38.8. The number of hydrogen-bond acceptors (Lipinski definition) is 24. The number of rotatable bonds is 34. The van der Waals surface area contributed by atoms with Crippen molar-refractivity contribution in [3.8, 4) is 22.3 Å². The summed E-state index contributed by atoms with van der Waals surface area (Å²) in [5.74, 6) is -8.20. The Hall–Kier alpha value is -10.3. The summed E-state index contributed by atoms with van der Waals surface area (Å²) in [6.45, 7) is 15.7.